The third-order valence-corrected chi connectivity index (χ3v) is 4.13. The smallest absolute Gasteiger partial charge is 0.124 e. The van der Waals surface area contributed by atoms with Gasteiger partial charge in [0.15, 0.2) is 0 Å². The topological polar surface area (TPSA) is 33.0 Å². The van der Waals surface area contributed by atoms with Gasteiger partial charge in [0.2, 0.25) is 0 Å². The van der Waals surface area contributed by atoms with Crippen LogP contribution in [0.15, 0.2) is 47.4 Å². The molecule has 0 aromatic heterocycles. The number of nitrogens with zero attached hydrogens (tertiary/aromatic N) is 1. The van der Waals surface area contributed by atoms with Gasteiger partial charge < -0.3 is 4.74 Å². The SMILES string of the molecule is CSc1ccc2c(c1)[C@@H](C#N)c1ccccc1CO2. The first-order valence-corrected chi connectivity index (χ1v) is 7.34. The zero-order valence-electron chi connectivity index (χ0n) is 10.6. The third kappa shape index (κ3) is 2.09. The molecule has 19 heavy (non-hydrogen) atoms. The predicted molar refractivity (Wildman–Crippen MR) is 76.5 cm³/mol. The first-order valence-electron chi connectivity index (χ1n) is 6.11. The standard InChI is InChI=1S/C16H13NOS/c1-19-12-6-7-16-14(8-12)15(9-17)13-5-3-2-4-11(13)10-18-16/h2-8,15H,10H2,1H3/t15-/m0/s1. The molecule has 0 saturated carbocycles. The van der Waals surface area contributed by atoms with Crippen LogP contribution in [0.2, 0.25) is 0 Å². The van der Waals surface area contributed by atoms with E-state index in [0.717, 1.165) is 27.3 Å². The van der Waals surface area contributed by atoms with Crippen LogP contribution in [0.3, 0.4) is 0 Å². The molecule has 0 amide bonds. The molecule has 0 unspecified atom stereocenters. The van der Waals surface area contributed by atoms with E-state index in [0.29, 0.717) is 6.61 Å². The molecule has 1 atom stereocenters. The molecule has 1 aliphatic heterocycles. The van der Waals surface area contributed by atoms with Crippen LogP contribution in [0.25, 0.3) is 0 Å². The molecule has 94 valence electrons. The van der Waals surface area contributed by atoms with Crippen LogP contribution in [0.4, 0.5) is 0 Å². The highest BCUT2D eigenvalue weighted by Crippen LogP contribution is 2.38. The van der Waals surface area contributed by atoms with E-state index in [4.69, 9.17) is 4.74 Å². The van der Waals surface area contributed by atoms with Crippen LogP contribution in [0, 0.1) is 11.3 Å². The lowest BCUT2D eigenvalue weighted by molar-refractivity contribution is 0.306. The molecule has 2 aromatic rings. The Hall–Kier alpha value is -1.92. The fourth-order valence-corrected chi connectivity index (χ4v) is 2.87. The second kappa shape index (κ2) is 4.99. The Morgan fingerprint density at radius 3 is 2.84 bits per heavy atom. The van der Waals surface area contributed by atoms with Gasteiger partial charge in [0.25, 0.3) is 0 Å². The maximum Gasteiger partial charge on any atom is 0.124 e. The number of hydrogen-bond acceptors (Lipinski definition) is 3. The van der Waals surface area contributed by atoms with Crippen molar-refractivity contribution in [3.05, 3.63) is 59.2 Å². The molecule has 1 heterocycles. The van der Waals surface area contributed by atoms with Gasteiger partial charge in [-0.3, -0.25) is 0 Å². The van der Waals surface area contributed by atoms with Crippen LogP contribution >= 0.6 is 11.8 Å². The molecule has 0 saturated heterocycles. The summed E-state index contributed by atoms with van der Waals surface area (Å²) in [4.78, 5) is 1.15. The molecule has 0 N–H and O–H groups in total. The molecule has 0 fully saturated rings. The summed E-state index contributed by atoms with van der Waals surface area (Å²) >= 11 is 1.68. The second-order valence-corrected chi connectivity index (χ2v) is 5.33. The van der Waals surface area contributed by atoms with Crippen LogP contribution in [0.1, 0.15) is 22.6 Å². The van der Waals surface area contributed by atoms with Gasteiger partial charge >= 0.3 is 0 Å². The maximum absolute atomic E-state index is 9.56. The van der Waals surface area contributed by atoms with Crippen molar-refractivity contribution >= 4 is 11.8 Å². The Balaban J connectivity index is 2.20. The zero-order chi connectivity index (χ0) is 13.2. The Kier molecular flexibility index (Phi) is 3.18. The van der Waals surface area contributed by atoms with Gasteiger partial charge in [-0.15, -0.1) is 11.8 Å². The van der Waals surface area contributed by atoms with Crippen molar-refractivity contribution in [3.63, 3.8) is 0 Å². The number of hydrogen-bond donors (Lipinski definition) is 0. The van der Waals surface area contributed by atoms with E-state index in [1.165, 1.54) is 0 Å². The van der Waals surface area contributed by atoms with E-state index in [2.05, 4.69) is 12.1 Å². The quantitative estimate of drug-likeness (QED) is 0.733. The second-order valence-electron chi connectivity index (χ2n) is 4.45. The number of benzene rings is 2. The highest BCUT2D eigenvalue weighted by atomic mass is 32.2. The highest BCUT2D eigenvalue weighted by molar-refractivity contribution is 7.98. The number of thioether (sulfide) groups is 1. The Labute approximate surface area is 117 Å². The van der Waals surface area contributed by atoms with Crippen molar-refractivity contribution in [2.45, 2.75) is 17.4 Å². The molecule has 0 aliphatic carbocycles. The van der Waals surface area contributed by atoms with Gasteiger partial charge in [-0.05, 0) is 35.6 Å². The molecule has 2 aromatic carbocycles. The van der Waals surface area contributed by atoms with E-state index >= 15 is 0 Å². The molecular weight excluding hydrogens is 254 g/mol. The van der Waals surface area contributed by atoms with Gasteiger partial charge in [-0.2, -0.15) is 5.26 Å². The zero-order valence-corrected chi connectivity index (χ0v) is 11.4. The van der Waals surface area contributed by atoms with Crippen molar-refractivity contribution in [1.82, 2.24) is 0 Å². The fourth-order valence-electron chi connectivity index (χ4n) is 2.42. The Bertz CT molecular complexity index is 660. The normalized spacial score (nSPS) is 16.5. The summed E-state index contributed by atoms with van der Waals surface area (Å²) in [7, 11) is 0. The average Bonchev–Trinajstić information content (AvgIpc) is 2.62. The molecule has 0 spiro atoms. The van der Waals surface area contributed by atoms with Crippen LogP contribution < -0.4 is 4.74 Å². The van der Waals surface area contributed by atoms with E-state index in [1.54, 1.807) is 11.8 Å². The van der Waals surface area contributed by atoms with Crippen molar-refractivity contribution in [1.29, 1.82) is 5.26 Å². The minimum atomic E-state index is -0.249. The first kappa shape index (κ1) is 12.1. The number of fused-ring (bicyclic) bond motifs is 2. The molecule has 1 aliphatic rings. The lowest BCUT2D eigenvalue weighted by Crippen LogP contribution is -1.99. The summed E-state index contributed by atoms with van der Waals surface area (Å²) in [6.45, 7) is 0.528. The van der Waals surface area contributed by atoms with Crippen molar-refractivity contribution in [3.8, 4) is 11.8 Å². The fraction of sp³-hybridized carbons (Fsp3) is 0.188. The number of ether oxygens (including phenoxy) is 1. The van der Waals surface area contributed by atoms with E-state index in [1.807, 2.05) is 42.7 Å². The monoisotopic (exact) mass is 267 g/mol. The summed E-state index contributed by atoms with van der Waals surface area (Å²) in [5.41, 5.74) is 3.12. The summed E-state index contributed by atoms with van der Waals surface area (Å²) in [5.74, 6) is 0.571. The van der Waals surface area contributed by atoms with Crippen molar-refractivity contribution in [2.75, 3.05) is 6.26 Å². The van der Waals surface area contributed by atoms with Crippen LogP contribution in [0.5, 0.6) is 5.75 Å². The minimum absolute atomic E-state index is 0.249. The molecule has 2 nitrogen and oxygen atoms in total. The number of nitriles is 1. The Morgan fingerprint density at radius 2 is 2.05 bits per heavy atom. The maximum atomic E-state index is 9.56. The predicted octanol–water partition coefficient (Wildman–Crippen LogP) is 3.96. The summed E-state index contributed by atoms with van der Waals surface area (Å²) in [6, 6.07) is 16.5. The van der Waals surface area contributed by atoms with E-state index in [9.17, 15) is 5.26 Å². The number of rotatable bonds is 1. The largest absolute Gasteiger partial charge is 0.489 e. The van der Waals surface area contributed by atoms with Gasteiger partial charge in [-0.25, -0.2) is 0 Å². The van der Waals surface area contributed by atoms with Gasteiger partial charge in [0.1, 0.15) is 18.3 Å². The molecule has 3 heteroatoms. The van der Waals surface area contributed by atoms with Crippen molar-refractivity contribution in [2.24, 2.45) is 0 Å². The van der Waals surface area contributed by atoms with Crippen LogP contribution in [-0.4, -0.2) is 6.26 Å². The first-order chi connectivity index (χ1) is 9.33. The highest BCUT2D eigenvalue weighted by Gasteiger charge is 2.24. The summed E-state index contributed by atoms with van der Waals surface area (Å²) in [6.07, 6.45) is 2.04. The summed E-state index contributed by atoms with van der Waals surface area (Å²) < 4.78 is 5.85. The minimum Gasteiger partial charge on any atom is -0.489 e. The van der Waals surface area contributed by atoms with Crippen LogP contribution in [-0.2, 0) is 6.61 Å². The molecule has 3 rings (SSSR count). The summed E-state index contributed by atoms with van der Waals surface area (Å²) in [5, 5.41) is 9.56. The van der Waals surface area contributed by atoms with Crippen molar-refractivity contribution < 1.29 is 4.74 Å². The van der Waals surface area contributed by atoms with Gasteiger partial charge in [0, 0.05) is 10.5 Å². The molecule has 0 bridgehead atoms. The van der Waals surface area contributed by atoms with E-state index < -0.39 is 0 Å². The third-order valence-electron chi connectivity index (χ3n) is 3.41. The average molecular weight is 267 g/mol. The van der Waals surface area contributed by atoms with Gasteiger partial charge in [0.05, 0.1) is 6.07 Å². The molecule has 0 radical (unpaired) electrons. The lowest BCUT2D eigenvalue weighted by Gasteiger charge is -2.12. The van der Waals surface area contributed by atoms with E-state index in [-0.39, 0.29) is 5.92 Å². The Morgan fingerprint density at radius 1 is 1.21 bits per heavy atom. The molecular formula is C16H13NOS. The lowest BCUT2D eigenvalue weighted by atomic mass is 9.90. The van der Waals surface area contributed by atoms with Gasteiger partial charge in [-0.1, -0.05) is 24.3 Å².